The third-order valence-electron chi connectivity index (χ3n) is 2.65. The topological polar surface area (TPSA) is 69.4 Å². The van der Waals surface area contributed by atoms with Gasteiger partial charge in [0.15, 0.2) is 18.2 Å². The average molecular weight is 330 g/mol. The van der Waals surface area contributed by atoms with E-state index in [1.807, 2.05) is 0 Å². The molecule has 1 heterocycles. The van der Waals surface area contributed by atoms with Crippen molar-refractivity contribution in [1.29, 1.82) is 0 Å². The van der Waals surface area contributed by atoms with Crippen LogP contribution in [0.3, 0.4) is 0 Å². The summed E-state index contributed by atoms with van der Waals surface area (Å²) in [4.78, 5) is 22.2. The van der Waals surface area contributed by atoms with Gasteiger partial charge in [-0.2, -0.15) is 0 Å². The fourth-order valence-electron chi connectivity index (χ4n) is 1.63. The molecule has 0 saturated carbocycles. The Bertz CT molecular complexity index is 716. The van der Waals surface area contributed by atoms with Crippen molar-refractivity contribution < 1.29 is 18.8 Å². The zero-order valence-corrected chi connectivity index (χ0v) is 12.3. The summed E-state index contributed by atoms with van der Waals surface area (Å²) in [5, 5.41) is 10.7. The lowest BCUT2D eigenvalue weighted by molar-refractivity contribution is -0.385. The molecule has 0 atom stereocenters. The molecule has 2 rings (SSSR count). The van der Waals surface area contributed by atoms with Gasteiger partial charge in [0.25, 0.3) is 5.69 Å². The third kappa shape index (κ3) is 3.56. The van der Waals surface area contributed by atoms with Crippen molar-refractivity contribution in [3.63, 3.8) is 0 Å². The molecule has 8 heteroatoms. The van der Waals surface area contributed by atoms with Crippen molar-refractivity contribution in [1.82, 2.24) is 0 Å². The van der Waals surface area contributed by atoms with Crippen molar-refractivity contribution in [2.24, 2.45) is 0 Å². The number of carbonyl (C=O) groups excluding carboxylic acids is 1. The number of Topliss-reactive ketones (excluding diaryl/α,β-unsaturated/α-hetero) is 1. The van der Waals surface area contributed by atoms with Crippen LogP contribution >= 0.6 is 22.9 Å². The number of nitro benzene ring substituents is 1. The van der Waals surface area contributed by atoms with E-state index in [1.54, 1.807) is 12.1 Å². The first-order valence-corrected chi connectivity index (χ1v) is 6.94. The van der Waals surface area contributed by atoms with E-state index >= 15 is 0 Å². The molecule has 0 radical (unpaired) electrons. The van der Waals surface area contributed by atoms with E-state index < -0.39 is 10.7 Å². The number of hydrogen-bond acceptors (Lipinski definition) is 5. The fraction of sp³-hybridized carbons (Fsp3) is 0.154. The molecular formula is C13H9ClFNO4S. The molecule has 21 heavy (non-hydrogen) atoms. The van der Waals surface area contributed by atoms with Gasteiger partial charge in [0.05, 0.1) is 20.2 Å². The summed E-state index contributed by atoms with van der Waals surface area (Å²) in [5.41, 5.74) is -0.0840. The minimum atomic E-state index is -0.885. The van der Waals surface area contributed by atoms with Crippen LogP contribution in [0.25, 0.3) is 0 Å². The van der Waals surface area contributed by atoms with E-state index in [9.17, 15) is 19.3 Å². The predicted octanol–water partition coefficient (Wildman–Crippen LogP) is 4.02. The zero-order valence-electron chi connectivity index (χ0n) is 10.8. The molecule has 0 fully saturated rings. The number of carbonyl (C=O) groups is 1. The van der Waals surface area contributed by atoms with E-state index in [0.29, 0.717) is 9.21 Å². The fourth-order valence-corrected chi connectivity index (χ4v) is 2.60. The van der Waals surface area contributed by atoms with Gasteiger partial charge in [-0.05, 0) is 25.1 Å². The van der Waals surface area contributed by atoms with E-state index in [-0.39, 0.29) is 29.4 Å². The first-order valence-electron chi connectivity index (χ1n) is 5.74. The monoisotopic (exact) mass is 329 g/mol. The molecule has 0 unspecified atom stereocenters. The Labute approximate surface area is 128 Å². The number of nitro groups is 1. The second-order valence-corrected chi connectivity index (χ2v) is 5.86. The molecule has 2 aromatic rings. The van der Waals surface area contributed by atoms with Gasteiger partial charge in [0.2, 0.25) is 5.78 Å². The lowest BCUT2D eigenvalue weighted by Crippen LogP contribution is -2.11. The Kier molecular flexibility index (Phi) is 4.54. The summed E-state index contributed by atoms with van der Waals surface area (Å²) < 4.78 is 19.3. The van der Waals surface area contributed by atoms with Crippen LogP contribution in [0, 0.1) is 22.9 Å². The van der Waals surface area contributed by atoms with Crippen LogP contribution in [0.2, 0.25) is 4.34 Å². The maximum absolute atomic E-state index is 13.7. The number of hydrogen-bond donors (Lipinski definition) is 0. The van der Waals surface area contributed by atoms with Crippen LogP contribution in [0.15, 0.2) is 24.3 Å². The Morgan fingerprint density at radius 3 is 2.76 bits per heavy atom. The molecule has 1 aromatic heterocycles. The highest BCUT2D eigenvalue weighted by Crippen LogP contribution is 2.27. The van der Waals surface area contributed by atoms with E-state index in [0.717, 1.165) is 17.4 Å². The summed E-state index contributed by atoms with van der Waals surface area (Å²) in [5.74, 6) is -1.43. The highest BCUT2D eigenvalue weighted by atomic mass is 35.5. The van der Waals surface area contributed by atoms with Crippen molar-refractivity contribution in [3.8, 4) is 5.75 Å². The predicted molar refractivity (Wildman–Crippen MR) is 76.9 cm³/mol. The van der Waals surface area contributed by atoms with Crippen LogP contribution in [-0.2, 0) is 0 Å². The van der Waals surface area contributed by atoms with Gasteiger partial charge >= 0.3 is 0 Å². The first kappa shape index (κ1) is 15.4. The van der Waals surface area contributed by atoms with Gasteiger partial charge in [0.1, 0.15) is 0 Å². The van der Waals surface area contributed by atoms with Gasteiger partial charge in [-0.25, -0.2) is 4.39 Å². The Morgan fingerprint density at radius 2 is 2.19 bits per heavy atom. The molecule has 0 aliphatic heterocycles. The first-order chi connectivity index (χ1) is 9.88. The normalized spacial score (nSPS) is 10.4. The van der Waals surface area contributed by atoms with Crippen LogP contribution in [0.5, 0.6) is 5.75 Å². The number of halogens is 2. The van der Waals surface area contributed by atoms with Crippen LogP contribution in [-0.4, -0.2) is 17.3 Å². The minimum Gasteiger partial charge on any atom is -0.482 e. The van der Waals surface area contributed by atoms with Gasteiger partial charge in [-0.15, -0.1) is 11.3 Å². The van der Waals surface area contributed by atoms with E-state index in [1.165, 1.54) is 13.0 Å². The molecule has 0 aliphatic carbocycles. The van der Waals surface area contributed by atoms with Gasteiger partial charge in [0, 0.05) is 5.56 Å². The smallest absolute Gasteiger partial charge is 0.275 e. The highest BCUT2D eigenvalue weighted by Gasteiger charge is 2.17. The zero-order chi connectivity index (χ0) is 15.6. The average Bonchev–Trinajstić information content (AvgIpc) is 2.85. The van der Waals surface area contributed by atoms with Crippen LogP contribution in [0.1, 0.15) is 15.2 Å². The van der Waals surface area contributed by atoms with Gasteiger partial charge in [-0.3, -0.25) is 14.9 Å². The number of nitrogens with zero attached hydrogens (tertiary/aromatic N) is 1. The summed E-state index contributed by atoms with van der Waals surface area (Å²) in [6.45, 7) is 1.09. The summed E-state index contributed by atoms with van der Waals surface area (Å²) >= 11 is 6.81. The summed E-state index contributed by atoms with van der Waals surface area (Å²) in [7, 11) is 0. The van der Waals surface area contributed by atoms with Crippen molar-refractivity contribution in [2.75, 3.05) is 6.61 Å². The molecule has 1 aromatic carbocycles. The summed E-state index contributed by atoms with van der Waals surface area (Å²) in [6.07, 6.45) is 0. The maximum Gasteiger partial charge on any atom is 0.275 e. The molecule has 0 spiro atoms. The van der Waals surface area contributed by atoms with Crippen molar-refractivity contribution in [3.05, 3.63) is 55.0 Å². The molecular weight excluding hydrogens is 321 g/mol. The molecule has 0 saturated heterocycles. The van der Waals surface area contributed by atoms with Crippen molar-refractivity contribution in [2.45, 2.75) is 6.92 Å². The van der Waals surface area contributed by atoms with Gasteiger partial charge in [-0.1, -0.05) is 11.6 Å². The number of rotatable bonds is 5. The Hall–Kier alpha value is -1.99. The lowest BCUT2D eigenvalue weighted by Gasteiger charge is -2.07. The number of aryl methyl sites for hydroxylation is 1. The van der Waals surface area contributed by atoms with Crippen LogP contribution < -0.4 is 4.74 Å². The van der Waals surface area contributed by atoms with Crippen LogP contribution in [0.4, 0.5) is 10.1 Å². The quantitative estimate of drug-likeness (QED) is 0.472. The molecule has 0 bridgehead atoms. The number of thiophene rings is 1. The molecule has 0 amide bonds. The highest BCUT2D eigenvalue weighted by molar-refractivity contribution is 7.18. The number of ether oxygens (including phenoxy) is 1. The Balaban J connectivity index is 2.12. The largest absolute Gasteiger partial charge is 0.482 e. The van der Waals surface area contributed by atoms with Gasteiger partial charge < -0.3 is 4.74 Å². The van der Waals surface area contributed by atoms with Crippen molar-refractivity contribution >= 4 is 34.4 Å². The molecule has 5 nitrogen and oxygen atoms in total. The summed E-state index contributed by atoms with van der Waals surface area (Å²) in [6, 6.07) is 5.10. The standard InChI is InChI=1S/C13H9ClFNO4S/c1-7-4-11(8(15)5-9(7)16(18)19)20-6-10(17)12-2-3-13(14)21-12/h2-5H,6H2,1H3. The molecule has 110 valence electrons. The van der Waals surface area contributed by atoms with E-state index in [2.05, 4.69) is 0 Å². The number of benzene rings is 1. The second kappa shape index (κ2) is 6.19. The lowest BCUT2D eigenvalue weighted by atomic mass is 10.2. The molecule has 0 N–H and O–H groups in total. The minimum absolute atomic E-state index is 0.200. The van der Waals surface area contributed by atoms with E-state index in [4.69, 9.17) is 16.3 Å². The second-order valence-electron chi connectivity index (χ2n) is 4.14. The number of ketones is 1. The Morgan fingerprint density at radius 1 is 1.48 bits per heavy atom. The maximum atomic E-state index is 13.7. The SMILES string of the molecule is Cc1cc(OCC(=O)c2ccc(Cl)s2)c(F)cc1[N+](=O)[O-]. The molecule has 0 aliphatic rings. The third-order valence-corrected chi connectivity index (χ3v) is 3.93.